The lowest BCUT2D eigenvalue weighted by Crippen LogP contribution is -2.20. The predicted molar refractivity (Wildman–Crippen MR) is 97.7 cm³/mol. The second kappa shape index (κ2) is 6.13. The summed E-state index contributed by atoms with van der Waals surface area (Å²) < 4.78 is 1.77. The Kier molecular flexibility index (Phi) is 3.96. The molecule has 1 atom stereocenters. The van der Waals surface area contributed by atoms with E-state index in [4.69, 9.17) is 34.8 Å². The number of anilines is 1. The molecule has 4 rings (SSSR count). The van der Waals surface area contributed by atoms with Crippen LogP contribution in [0.15, 0.2) is 54.9 Å². The Balaban J connectivity index is 1.85. The Morgan fingerprint density at radius 1 is 1.00 bits per heavy atom. The van der Waals surface area contributed by atoms with Crippen molar-refractivity contribution in [1.82, 2.24) is 14.8 Å². The molecule has 4 nitrogen and oxygen atoms in total. The Bertz CT molecular complexity index is 931. The third kappa shape index (κ3) is 2.67. The van der Waals surface area contributed by atoms with Gasteiger partial charge in [0.2, 0.25) is 5.95 Å². The fourth-order valence-electron chi connectivity index (χ4n) is 2.70. The normalized spacial score (nSPS) is 16.3. The Morgan fingerprint density at radius 3 is 2.58 bits per heavy atom. The summed E-state index contributed by atoms with van der Waals surface area (Å²) in [6.45, 7) is 0. The van der Waals surface area contributed by atoms with Crippen LogP contribution in [-0.4, -0.2) is 14.8 Å². The maximum Gasteiger partial charge on any atom is 0.226 e. The molecule has 1 aliphatic rings. The van der Waals surface area contributed by atoms with Gasteiger partial charge in [0, 0.05) is 16.3 Å². The number of allylic oxidation sites excluding steroid dienone is 1. The van der Waals surface area contributed by atoms with Gasteiger partial charge in [-0.3, -0.25) is 0 Å². The van der Waals surface area contributed by atoms with Crippen molar-refractivity contribution in [3.05, 3.63) is 81.1 Å². The summed E-state index contributed by atoms with van der Waals surface area (Å²) in [7, 11) is 0. The van der Waals surface area contributed by atoms with Crippen LogP contribution in [0, 0.1) is 0 Å². The number of fused-ring (bicyclic) bond motifs is 1. The first-order chi connectivity index (χ1) is 11.6. The highest BCUT2D eigenvalue weighted by atomic mass is 35.5. The van der Waals surface area contributed by atoms with Gasteiger partial charge in [0.1, 0.15) is 12.4 Å². The first kappa shape index (κ1) is 15.5. The van der Waals surface area contributed by atoms with Crippen LogP contribution in [0.5, 0.6) is 0 Å². The van der Waals surface area contributed by atoms with Gasteiger partial charge in [0.15, 0.2) is 0 Å². The van der Waals surface area contributed by atoms with Gasteiger partial charge >= 0.3 is 0 Å². The van der Waals surface area contributed by atoms with Gasteiger partial charge in [0.05, 0.1) is 10.0 Å². The van der Waals surface area contributed by atoms with E-state index in [-0.39, 0.29) is 6.04 Å². The van der Waals surface area contributed by atoms with Crippen molar-refractivity contribution in [3.63, 3.8) is 0 Å². The fraction of sp³-hybridized carbons (Fsp3) is 0.0588. The molecular formula is C17H11Cl3N4. The van der Waals surface area contributed by atoms with Gasteiger partial charge in [-0.05, 0) is 29.8 Å². The number of hydrogen-bond donors (Lipinski definition) is 1. The van der Waals surface area contributed by atoms with E-state index >= 15 is 0 Å². The van der Waals surface area contributed by atoms with Crippen molar-refractivity contribution < 1.29 is 0 Å². The Labute approximate surface area is 153 Å². The molecule has 3 aromatic rings. The molecule has 7 heteroatoms. The highest BCUT2D eigenvalue weighted by Crippen LogP contribution is 2.37. The van der Waals surface area contributed by atoms with Crippen LogP contribution < -0.4 is 5.32 Å². The van der Waals surface area contributed by atoms with Crippen LogP contribution in [0.3, 0.4) is 0 Å². The second-order valence-electron chi connectivity index (χ2n) is 5.33. The van der Waals surface area contributed by atoms with Crippen LogP contribution in [0.1, 0.15) is 17.2 Å². The van der Waals surface area contributed by atoms with Crippen LogP contribution >= 0.6 is 34.8 Å². The molecule has 0 aliphatic carbocycles. The van der Waals surface area contributed by atoms with Crippen molar-refractivity contribution in [2.75, 3.05) is 5.32 Å². The number of hydrogen-bond acceptors (Lipinski definition) is 3. The average Bonchev–Trinajstić information content (AvgIpc) is 3.06. The maximum atomic E-state index is 6.41. The van der Waals surface area contributed by atoms with Crippen molar-refractivity contribution in [2.45, 2.75) is 6.04 Å². The number of nitrogens with one attached hydrogen (secondary N) is 1. The SMILES string of the molecule is Clc1ccc(C2=C[C@@H](c3cccc(Cl)c3Cl)n3ncnc3N2)cc1. The lowest BCUT2D eigenvalue weighted by molar-refractivity contribution is 0.612. The molecular weight excluding hydrogens is 367 g/mol. The molecule has 0 saturated carbocycles. The largest absolute Gasteiger partial charge is 0.324 e. The molecule has 2 heterocycles. The summed E-state index contributed by atoms with van der Waals surface area (Å²) in [6, 6.07) is 13.0. The van der Waals surface area contributed by atoms with E-state index in [1.165, 1.54) is 6.33 Å². The van der Waals surface area contributed by atoms with E-state index < -0.39 is 0 Å². The van der Waals surface area contributed by atoms with E-state index in [1.54, 1.807) is 10.7 Å². The summed E-state index contributed by atoms with van der Waals surface area (Å²) in [6.07, 6.45) is 3.55. The lowest BCUT2D eigenvalue weighted by Gasteiger charge is -2.25. The van der Waals surface area contributed by atoms with Crippen molar-refractivity contribution in [3.8, 4) is 0 Å². The smallest absolute Gasteiger partial charge is 0.226 e. The maximum absolute atomic E-state index is 6.41. The minimum atomic E-state index is -0.208. The first-order valence-corrected chi connectivity index (χ1v) is 8.35. The molecule has 24 heavy (non-hydrogen) atoms. The monoisotopic (exact) mass is 376 g/mol. The predicted octanol–water partition coefficient (Wildman–Crippen LogP) is 5.29. The van der Waals surface area contributed by atoms with Crippen LogP contribution in [-0.2, 0) is 0 Å². The molecule has 0 unspecified atom stereocenters. The minimum absolute atomic E-state index is 0.208. The number of aromatic nitrogens is 3. The minimum Gasteiger partial charge on any atom is -0.324 e. The van der Waals surface area contributed by atoms with Gasteiger partial charge < -0.3 is 5.32 Å². The average molecular weight is 378 g/mol. The van der Waals surface area contributed by atoms with Crippen molar-refractivity contribution >= 4 is 46.4 Å². The summed E-state index contributed by atoms with van der Waals surface area (Å²) in [5.41, 5.74) is 2.77. The highest BCUT2D eigenvalue weighted by Gasteiger charge is 2.25. The van der Waals surface area contributed by atoms with Crippen LogP contribution in [0.25, 0.3) is 5.70 Å². The summed E-state index contributed by atoms with van der Waals surface area (Å²) in [5, 5.41) is 9.29. The van der Waals surface area contributed by atoms with E-state index in [1.807, 2.05) is 42.5 Å². The molecule has 0 amide bonds. The number of benzene rings is 2. The molecule has 1 aliphatic heterocycles. The highest BCUT2D eigenvalue weighted by molar-refractivity contribution is 6.42. The summed E-state index contributed by atoms with van der Waals surface area (Å²) in [5.74, 6) is 0.642. The van der Waals surface area contributed by atoms with Gasteiger partial charge in [0.25, 0.3) is 0 Å². The van der Waals surface area contributed by atoms with Crippen molar-refractivity contribution in [1.29, 1.82) is 0 Å². The molecule has 1 N–H and O–H groups in total. The van der Waals surface area contributed by atoms with Gasteiger partial charge in [-0.2, -0.15) is 10.1 Å². The standard InChI is InChI=1S/C17H11Cl3N4/c18-11-6-4-10(5-7-11)14-8-15(24-17(23-14)21-9-22-24)12-2-1-3-13(19)16(12)20/h1-9,15H,(H,21,22,23)/t15-/m0/s1. The second-order valence-corrected chi connectivity index (χ2v) is 6.55. The van der Waals surface area contributed by atoms with E-state index in [0.717, 1.165) is 16.8 Å². The zero-order valence-electron chi connectivity index (χ0n) is 12.2. The Morgan fingerprint density at radius 2 is 1.79 bits per heavy atom. The number of nitrogens with zero attached hydrogens (tertiary/aromatic N) is 3. The molecule has 2 aromatic carbocycles. The number of rotatable bonds is 2. The van der Waals surface area contributed by atoms with Gasteiger partial charge in [-0.25, -0.2) is 4.68 Å². The van der Waals surface area contributed by atoms with Crippen LogP contribution in [0.2, 0.25) is 15.1 Å². The van der Waals surface area contributed by atoms with Gasteiger partial charge in [-0.1, -0.05) is 59.1 Å². The fourth-order valence-corrected chi connectivity index (χ4v) is 3.25. The van der Waals surface area contributed by atoms with E-state index in [2.05, 4.69) is 15.4 Å². The zero-order valence-corrected chi connectivity index (χ0v) is 14.5. The number of halogens is 3. The lowest BCUT2D eigenvalue weighted by atomic mass is 10.0. The molecule has 0 bridgehead atoms. The Hall–Kier alpha value is -2.01. The quantitative estimate of drug-likeness (QED) is 0.659. The molecule has 1 aromatic heterocycles. The summed E-state index contributed by atoms with van der Waals surface area (Å²) >= 11 is 18.6. The van der Waals surface area contributed by atoms with Gasteiger partial charge in [-0.15, -0.1) is 0 Å². The molecule has 0 spiro atoms. The van der Waals surface area contributed by atoms with E-state index in [9.17, 15) is 0 Å². The third-order valence-electron chi connectivity index (χ3n) is 3.86. The molecule has 120 valence electrons. The molecule has 0 saturated heterocycles. The molecule has 0 radical (unpaired) electrons. The van der Waals surface area contributed by atoms with E-state index in [0.29, 0.717) is 21.0 Å². The van der Waals surface area contributed by atoms with Crippen LogP contribution in [0.4, 0.5) is 5.95 Å². The summed E-state index contributed by atoms with van der Waals surface area (Å²) in [4.78, 5) is 4.28. The van der Waals surface area contributed by atoms with Crippen molar-refractivity contribution in [2.24, 2.45) is 0 Å². The third-order valence-corrected chi connectivity index (χ3v) is 4.95. The zero-order chi connectivity index (χ0) is 16.7. The first-order valence-electron chi connectivity index (χ1n) is 7.21. The topological polar surface area (TPSA) is 42.7 Å². The molecule has 0 fully saturated rings.